The molecule has 0 aromatic carbocycles. The van der Waals surface area contributed by atoms with E-state index >= 15 is 0 Å². The van der Waals surface area contributed by atoms with Crippen molar-refractivity contribution in [3.8, 4) is 0 Å². The number of hydrogen-bond donors (Lipinski definition) is 1. The van der Waals surface area contributed by atoms with Crippen molar-refractivity contribution in [1.82, 2.24) is 0 Å². The smallest absolute Gasteiger partial charge is 0.189 e. The zero-order valence-corrected chi connectivity index (χ0v) is 7.51. The third-order valence-electron chi connectivity index (χ3n) is 1.27. The molecule has 0 unspecified atom stereocenters. The van der Waals surface area contributed by atoms with E-state index in [0.717, 1.165) is 0 Å². The molecule has 1 heterocycles. The van der Waals surface area contributed by atoms with Crippen LogP contribution < -0.4 is 10.5 Å². The molecule has 0 saturated carbocycles. The van der Waals surface area contributed by atoms with E-state index in [1.807, 2.05) is 0 Å². The van der Waals surface area contributed by atoms with Gasteiger partial charge in [-0.25, -0.2) is 0 Å². The van der Waals surface area contributed by atoms with E-state index < -0.39 is 0 Å². The van der Waals surface area contributed by atoms with Gasteiger partial charge in [0.05, 0.1) is 11.3 Å². The average molecular weight is 205 g/mol. The van der Waals surface area contributed by atoms with Crippen molar-refractivity contribution >= 4 is 35.0 Å². The Kier molecular flexibility index (Phi) is 2.78. The fourth-order valence-electron chi connectivity index (χ4n) is 0.743. The first kappa shape index (κ1) is 9.16. The summed E-state index contributed by atoms with van der Waals surface area (Å²) in [5.41, 5.74) is 6.49. The van der Waals surface area contributed by atoms with Crippen LogP contribution in [-0.4, -0.2) is 0 Å². The Labute approximate surface area is 79.6 Å². The zero-order valence-electron chi connectivity index (χ0n) is 6.00. The summed E-state index contributed by atoms with van der Waals surface area (Å²) in [7, 11) is 0. The van der Waals surface area contributed by atoms with Crippen molar-refractivity contribution in [2.75, 3.05) is 5.73 Å². The number of nitrogens with zero attached hydrogens (tertiary/aromatic N) is 1. The number of pyridine rings is 1. The molecule has 0 aliphatic rings. The summed E-state index contributed by atoms with van der Waals surface area (Å²) in [4.78, 5) is 0. The Balaban J connectivity index is 3.14. The lowest BCUT2D eigenvalue weighted by Crippen LogP contribution is -2.24. The molecule has 5 heteroatoms. The van der Waals surface area contributed by atoms with Crippen LogP contribution in [0.4, 0.5) is 5.69 Å². The Hall–Kier alpha value is -0.930. The molecule has 0 fully saturated rings. The van der Waals surface area contributed by atoms with Gasteiger partial charge < -0.3 is 10.9 Å². The summed E-state index contributed by atoms with van der Waals surface area (Å²) < 4.78 is 0.687. The molecule has 3 nitrogen and oxygen atoms in total. The molecule has 1 aromatic heterocycles. The standard InChI is InChI=1S/C7H6Cl2N2O/c8-7(9)3-5-4-11(12)2-1-6(5)10/h1-4H,10H2. The Bertz CT molecular complexity index is 321. The van der Waals surface area contributed by atoms with E-state index in [4.69, 9.17) is 28.9 Å². The van der Waals surface area contributed by atoms with Crippen LogP contribution in [0.25, 0.3) is 6.08 Å². The molecule has 0 saturated heterocycles. The number of anilines is 1. The van der Waals surface area contributed by atoms with E-state index in [-0.39, 0.29) is 4.49 Å². The lowest BCUT2D eigenvalue weighted by atomic mass is 10.2. The summed E-state index contributed by atoms with van der Waals surface area (Å²) in [5, 5.41) is 10.8. The number of nitrogen functional groups attached to an aromatic ring is 1. The minimum absolute atomic E-state index is 0.0629. The van der Waals surface area contributed by atoms with Gasteiger partial charge in [-0.2, -0.15) is 4.73 Å². The van der Waals surface area contributed by atoms with Gasteiger partial charge in [-0.05, 0) is 6.08 Å². The highest BCUT2D eigenvalue weighted by Crippen LogP contribution is 2.16. The van der Waals surface area contributed by atoms with Crippen molar-refractivity contribution in [3.63, 3.8) is 0 Å². The van der Waals surface area contributed by atoms with Gasteiger partial charge in [0.15, 0.2) is 12.4 Å². The van der Waals surface area contributed by atoms with E-state index in [9.17, 15) is 5.21 Å². The van der Waals surface area contributed by atoms with Crippen LogP contribution in [0, 0.1) is 5.21 Å². The largest absolute Gasteiger partial charge is 0.619 e. The van der Waals surface area contributed by atoms with Crippen molar-refractivity contribution in [1.29, 1.82) is 0 Å². The van der Waals surface area contributed by atoms with Crippen molar-refractivity contribution in [2.45, 2.75) is 0 Å². The maximum Gasteiger partial charge on any atom is 0.189 e. The molecule has 0 bridgehead atoms. The van der Waals surface area contributed by atoms with Crippen molar-refractivity contribution in [2.24, 2.45) is 0 Å². The molecular weight excluding hydrogens is 199 g/mol. The van der Waals surface area contributed by atoms with E-state index in [0.29, 0.717) is 16.0 Å². The number of hydrogen-bond acceptors (Lipinski definition) is 2. The maximum absolute atomic E-state index is 10.8. The number of halogens is 2. The number of nitrogens with two attached hydrogens (primary N) is 1. The van der Waals surface area contributed by atoms with Crippen LogP contribution in [0.5, 0.6) is 0 Å². The van der Waals surface area contributed by atoms with E-state index in [1.165, 1.54) is 24.5 Å². The average Bonchev–Trinajstić information content (AvgIpc) is 1.96. The Morgan fingerprint density at radius 3 is 2.83 bits per heavy atom. The van der Waals surface area contributed by atoms with Crippen LogP contribution in [-0.2, 0) is 0 Å². The van der Waals surface area contributed by atoms with Crippen LogP contribution in [0.1, 0.15) is 5.56 Å². The summed E-state index contributed by atoms with van der Waals surface area (Å²) in [6.45, 7) is 0. The zero-order chi connectivity index (χ0) is 9.14. The molecule has 64 valence electrons. The first-order valence-electron chi connectivity index (χ1n) is 3.10. The quantitative estimate of drug-likeness (QED) is 0.560. The van der Waals surface area contributed by atoms with Crippen molar-refractivity contribution < 1.29 is 4.73 Å². The second-order valence-electron chi connectivity index (χ2n) is 2.15. The van der Waals surface area contributed by atoms with Gasteiger partial charge in [0, 0.05) is 6.07 Å². The second-order valence-corrected chi connectivity index (χ2v) is 3.16. The topological polar surface area (TPSA) is 53.0 Å². The van der Waals surface area contributed by atoms with Crippen molar-refractivity contribution in [3.05, 3.63) is 33.7 Å². The summed E-state index contributed by atoms with van der Waals surface area (Å²) in [6, 6.07) is 1.48. The van der Waals surface area contributed by atoms with Gasteiger partial charge in [0.2, 0.25) is 0 Å². The van der Waals surface area contributed by atoms with Crippen LogP contribution >= 0.6 is 23.2 Å². The molecule has 0 atom stereocenters. The highest BCUT2D eigenvalue weighted by molar-refractivity contribution is 6.57. The molecule has 0 aliphatic carbocycles. The molecule has 1 aromatic rings. The first-order valence-corrected chi connectivity index (χ1v) is 3.86. The SMILES string of the molecule is Nc1cc[n+]([O-])cc1C=C(Cl)Cl. The molecule has 0 aliphatic heterocycles. The lowest BCUT2D eigenvalue weighted by Gasteiger charge is -1.99. The third-order valence-corrected chi connectivity index (χ3v) is 1.48. The van der Waals surface area contributed by atoms with Gasteiger partial charge in [-0.1, -0.05) is 23.2 Å². The summed E-state index contributed by atoms with van der Waals surface area (Å²) >= 11 is 10.8. The summed E-state index contributed by atoms with van der Waals surface area (Å²) in [5.74, 6) is 0. The fourth-order valence-corrected chi connectivity index (χ4v) is 0.978. The molecule has 1 rings (SSSR count). The number of rotatable bonds is 1. The molecule has 2 N–H and O–H groups in total. The normalized spacial score (nSPS) is 9.50. The predicted octanol–water partition coefficient (Wildman–Crippen LogP) is 1.68. The van der Waals surface area contributed by atoms with Gasteiger partial charge in [-0.15, -0.1) is 0 Å². The molecule has 0 radical (unpaired) electrons. The van der Waals surface area contributed by atoms with E-state index in [1.54, 1.807) is 0 Å². The van der Waals surface area contributed by atoms with Gasteiger partial charge in [0.25, 0.3) is 0 Å². The first-order chi connectivity index (χ1) is 5.59. The number of aromatic nitrogens is 1. The molecular formula is C7H6Cl2N2O. The minimum Gasteiger partial charge on any atom is -0.619 e. The lowest BCUT2D eigenvalue weighted by molar-refractivity contribution is -0.605. The molecule has 0 spiro atoms. The van der Waals surface area contributed by atoms with Gasteiger partial charge in [0.1, 0.15) is 4.49 Å². The monoisotopic (exact) mass is 204 g/mol. The summed E-state index contributed by atoms with van der Waals surface area (Å²) in [6.07, 6.45) is 4.00. The van der Waals surface area contributed by atoms with Gasteiger partial charge in [-0.3, -0.25) is 0 Å². The Morgan fingerprint density at radius 2 is 2.25 bits per heavy atom. The molecule has 12 heavy (non-hydrogen) atoms. The second kappa shape index (κ2) is 3.65. The third kappa shape index (κ3) is 2.29. The Morgan fingerprint density at radius 1 is 1.58 bits per heavy atom. The minimum atomic E-state index is 0.0629. The highest BCUT2D eigenvalue weighted by Gasteiger charge is 2.00. The fraction of sp³-hybridized carbons (Fsp3) is 0. The predicted molar refractivity (Wildman–Crippen MR) is 49.5 cm³/mol. The van der Waals surface area contributed by atoms with Crippen LogP contribution in [0.15, 0.2) is 23.0 Å². The highest BCUT2D eigenvalue weighted by atomic mass is 35.5. The van der Waals surface area contributed by atoms with Crippen LogP contribution in [0.2, 0.25) is 0 Å². The molecule has 0 amide bonds. The van der Waals surface area contributed by atoms with Gasteiger partial charge >= 0.3 is 0 Å². The maximum atomic E-state index is 10.8. The van der Waals surface area contributed by atoms with Crippen LogP contribution in [0.3, 0.4) is 0 Å². The van der Waals surface area contributed by atoms with E-state index in [2.05, 4.69) is 0 Å².